The fourth-order valence-electron chi connectivity index (χ4n) is 1.91. The maximum atomic E-state index is 11.7. The van der Waals surface area contributed by atoms with Gasteiger partial charge >= 0.3 is 5.97 Å². The van der Waals surface area contributed by atoms with E-state index in [2.05, 4.69) is 30.3 Å². The first kappa shape index (κ1) is 20.5. The molecule has 0 aromatic heterocycles. The summed E-state index contributed by atoms with van der Waals surface area (Å²) in [6, 6.07) is 14.5. The lowest BCUT2D eigenvalue weighted by Crippen LogP contribution is -2.28. The lowest BCUT2D eigenvalue weighted by Gasteiger charge is -2.21. The van der Waals surface area contributed by atoms with Gasteiger partial charge in [0.05, 0.1) is 18.8 Å². The summed E-state index contributed by atoms with van der Waals surface area (Å²) in [5, 5.41) is 2.46. The Balaban J connectivity index is 0.000000505. The number of rotatable bonds is 4. The smallest absolute Gasteiger partial charge is 0.312 e. The van der Waals surface area contributed by atoms with Gasteiger partial charge in [0.25, 0.3) is 10.1 Å². The summed E-state index contributed by atoms with van der Waals surface area (Å²) in [5.74, 6) is 0.536. The minimum atomic E-state index is -3.67. The molecule has 2 aromatic carbocycles. The fourth-order valence-corrected chi connectivity index (χ4v) is 3.07. The summed E-state index contributed by atoms with van der Waals surface area (Å²) in [4.78, 5) is 12.9. The number of carbonyl (C=O) groups is 1. The van der Waals surface area contributed by atoms with Crippen molar-refractivity contribution < 1.29 is 22.5 Å². The maximum Gasteiger partial charge on any atom is 0.312 e. The van der Waals surface area contributed by atoms with Gasteiger partial charge in [0, 0.05) is 10.6 Å². The Labute approximate surface area is 147 Å². The molecule has 5 nitrogen and oxygen atoms in total. The van der Waals surface area contributed by atoms with Crippen LogP contribution in [0.5, 0.6) is 0 Å². The van der Waals surface area contributed by atoms with E-state index >= 15 is 0 Å². The molecule has 0 atom stereocenters. The highest BCUT2D eigenvalue weighted by molar-refractivity contribution is 7.99. The number of hydrogen-bond donors (Lipinski definition) is 1. The van der Waals surface area contributed by atoms with Gasteiger partial charge in [-0.15, -0.1) is 11.8 Å². The van der Waals surface area contributed by atoms with Crippen molar-refractivity contribution in [1.29, 1.82) is 0 Å². The van der Waals surface area contributed by atoms with Gasteiger partial charge in [-0.25, -0.2) is 0 Å². The minimum Gasteiger partial charge on any atom is -0.469 e. The predicted molar refractivity (Wildman–Crippen MR) is 97.9 cm³/mol. The van der Waals surface area contributed by atoms with E-state index < -0.39 is 15.5 Å². The van der Waals surface area contributed by atoms with Crippen molar-refractivity contribution in [3.63, 3.8) is 0 Å². The molecule has 24 heavy (non-hydrogen) atoms. The Morgan fingerprint density at radius 2 is 1.71 bits per heavy atom. The topological polar surface area (TPSA) is 80.7 Å². The Kier molecular flexibility index (Phi) is 7.26. The van der Waals surface area contributed by atoms with Crippen LogP contribution in [0.3, 0.4) is 0 Å². The molecule has 0 amide bonds. The first-order valence-electron chi connectivity index (χ1n) is 7.16. The van der Waals surface area contributed by atoms with Gasteiger partial charge in [-0.2, -0.15) is 8.42 Å². The number of thioether (sulfide) groups is 1. The lowest BCUT2D eigenvalue weighted by molar-refractivity contribution is -0.149. The first-order chi connectivity index (χ1) is 11.0. The molecule has 1 N–H and O–H groups in total. The van der Waals surface area contributed by atoms with Gasteiger partial charge in [-0.1, -0.05) is 36.4 Å². The average Bonchev–Trinajstić information content (AvgIpc) is 2.50. The van der Waals surface area contributed by atoms with Crippen molar-refractivity contribution in [2.24, 2.45) is 5.41 Å². The standard InChI is InChI=1S/C16H18O2S.CH4O3S/c1-16(2,15(17)18-3)11-19-14-10-6-8-12-7-4-5-9-13(12)14;1-5(2,3)4/h4-10H,11H2,1-3H3;1H3,(H,2,3,4). The van der Waals surface area contributed by atoms with Crippen LogP contribution < -0.4 is 0 Å². The van der Waals surface area contributed by atoms with Gasteiger partial charge < -0.3 is 4.74 Å². The van der Waals surface area contributed by atoms with Gasteiger partial charge in [-0.3, -0.25) is 9.35 Å². The number of benzene rings is 2. The summed E-state index contributed by atoms with van der Waals surface area (Å²) < 4.78 is 30.7. The van der Waals surface area contributed by atoms with E-state index in [1.165, 1.54) is 22.8 Å². The van der Waals surface area contributed by atoms with Gasteiger partial charge in [0.1, 0.15) is 0 Å². The fraction of sp³-hybridized carbons (Fsp3) is 0.353. The van der Waals surface area contributed by atoms with Crippen molar-refractivity contribution in [2.75, 3.05) is 19.1 Å². The molecule has 0 saturated heterocycles. The molecule has 2 rings (SSSR count). The second-order valence-corrected chi connectivity index (χ2v) is 8.36. The zero-order chi connectivity index (χ0) is 18.4. The molecule has 2 aromatic rings. The van der Waals surface area contributed by atoms with Crippen LogP contribution in [0.4, 0.5) is 0 Å². The molecule has 0 aliphatic heterocycles. The van der Waals surface area contributed by atoms with Gasteiger partial charge in [-0.05, 0) is 30.7 Å². The summed E-state index contributed by atoms with van der Waals surface area (Å²) in [6.45, 7) is 3.83. The predicted octanol–water partition coefficient (Wildman–Crippen LogP) is 3.64. The highest BCUT2D eigenvalue weighted by Gasteiger charge is 2.28. The number of hydrogen-bond acceptors (Lipinski definition) is 5. The van der Waals surface area contributed by atoms with Crippen LogP contribution in [0, 0.1) is 5.41 Å². The van der Waals surface area contributed by atoms with E-state index in [9.17, 15) is 13.2 Å². The number of ether oxygens (including phenoxy) is 1. The van der Waals surface area contributed by atoms with Crippen LogP contribution in [0.1, 0.15) is 13.8 Å². The molecule has 0 saturated carbocycles. The van der Waals surface area contributed by atoms with Crippen LogP contribution in [0.15, 0.2) is 47.4 Å². The molecule has 0 aliphatic carbocycles. The summed E-state index contributed by atoms with van der Waals surface area (Å²) in [5.41, 5.74) is -0.476. The van der Waals surface area contributed by atoms with E-state index in [-0.39, 0.29) is 5.97 Å². The molecule has 0 unspecified atom stereocenters. The minimum absolute atomic E-state index is 0.166. The Hall–Kier alpha value is -1.57. The van der Waals surface area contributed by atoms with E-state index in [4.69, 9.17) is 9.29 Å². The van der Waals surface area contributed by atoms with Crippen LogP contribution in [0.25, 0.3) is 10.8 Å². The zero-order valence-corrected chi connectivity index (χ0v) is 15.8. The molecule has 0 bridgehead atoms. The van der Waals surface area contributed by atoms with E-state index in [1.54, 1.807) is 11.8 Å². The maximum absolute atomic E-state index is 11.7. The number of methoxy groups -OCH3 is 1. The quantitative estimate of drug-likeness (QED) is 0.503. The summed E-state index contributed by atoms with van der Waals surface area (Å²) in [7, 11) is -2.23. The van der Waals surface area contributed by atoms with Crippen molar-refractivity contribution in [2.45, 2.75) is 18.7 Å². The summed E-state index contributed by atoms with van der Waals surface area (Å²) in [6.07, 6.45) is 0.715. The monoisotopic (exact) mass is 370 g/mol. The SMILES string of the molecule is COC(=O)C(C)(C)CSc1cccc2ccccc12.CS(=O)(=O)O. The number of esters is 1. The second-order valence-electron chi connectivity index (χ2n) is 5.87. The molecule has 0 spiro atoms. The Morgan fingerprint density at radius 3 is 2.29 bits per heavy atom. The van der Waals surface area contributed by atoms with Crippen LogP contribution in [-0.2, 0) is 19.6 Å². The molecule has 0 aliphatic rings. The molecule has 0 radical (unpaired) electrons. The third-order valence-electron chi connectivity index (χ3n) is 3.08. The number of carbonyl (C=O) groups excluding carboxylic acids is 1. The largest absolute Gasteiger partial charge is 0.469 e. The molecule has 0 fully saturated rings. The Bertz CT molecular complexity index is 784. The van der Waals surface area contributed by atoms with Gasteiger partial charge in [0.15, 0.2) is 0 Å². The highest BCUT2D eigenvalue weighted by Crippen LogP contribution is 2.33. The van der Waals surface area contributed by atoms with Crippen molar-refractivity contribution in [3.8, 4) is 0 Å². The zero-order valence-electron chi connectivity index (χ0n) is 14.1. The molecule has 0 heterocycles. The second kappa shape index (κ2) is 8.50. The van der Waals surface area contributed by atoms with E-state index in [1.807, 2.05) is 26.0 Å². The lowest BCUT2D eigenvalue weighted by atomic mass is 9.97. The molecule has 7 heteroatoms. The van der Waals surface area contributed by atoms with Gasteiger partial charge in [0.2, 0.25) is 0 Å². The average molecular weight is 370 g/mol. The molecule has 132 valence electrons. The Morgan fingerprint density at radius 1 is 1.17 bits per heavy atom. The van der Waals surface area contributed by atoms with Crippen molar-refractivity contribution in [1.82, 2.24) is 0 Å². The van der Waals surface area contributed by atoms with Crippen LogP contribution >= 0.6 is 11.8 Å². The van der Waals surface area contributed by atoms with Crippen LogP contribution in [-0.4, -0.2) is 38.1 Å². The number of fused-ring (bicyclic) bond motifs is 1. The first-order valence-corrected chi connectivity index (χ1v) is 9.99. The van der Waals surface area contributed by atoms with Crippen LogP contribution in [0.2, 0.25) is 0 Å². The third-order valence-corrected chi connectivity index (χ3v) is 4.61. The normalized spacial score (nSPS) is 11.5. The van der Waals surface area contributed by atoms with Crippen molar-refractivity contribution >= 4 is 38.6 Å². The third kappa shape index (κ3) is 6.90. The van der Waals surface area contributed by atoms with Crippen molar-refractivity contribution in [3.05, 3.63) is 42.5 Å². The highest BCUT2D eigenvalue weighted by atomic mass is 32.2. The summed E-state index contributed by atoms with van der Waals surface area (Å²) >= 11 is 1.70. The molecular weight excluding hydrogens is 348 g/mol. The van der Waals surface area contributed by atoms with E-state index in [0.717, 1.165) is 0 Å². The molecular formula is C17H22O5S2. The van der Waals surface area contributed by atoms with E-state index in [0.29, 0.717) is 12.0 Å².